The highest BCUT2D eigenvalue weighted by Gasteiger charge is 2.27. The predicted molar refractivity (Wildman–Crippen MR) is 88.5 cm³/mol. The van der Waals surface area contributed by atoms with Crippen LogP contribution in [0, 0.1) is 0 Å². The average Bonchev–Trinajstić information content (AvgIpc) is 3.06. The molecule has 0 spiro atoms. The standard InChI is InChI=1S/C18H23N3O2/c1-22-15-6-2-4-13(10-15)18-19-16-7-8-21(11-17(16)20-18)14-5-3-9-23-12-14/h2,4,6,10,14H,3,5,7-9,11-12H2,1H3,(H,19,20). The zero-order valence-electron chi connectivity index (χ0n) is 13.5. The number of nitrogens with one attached hydrogen (secondary N) is 1. The third-order valence-corrected chi connectivity index (χ3v) is 4.86. The van der Waals surface area contributed by atoms with E-state index in [4.69, 9.17) is 14.5 Å². The molecule has 1 unspecified atom stereocenters. The minimum Gasteiger partial charge on any atom is -0.497 e. The fourth-order valence-electron chi connectivity index (χ4n) is 3.55. The molecule has 2 aliphatic heterocycles. The minimum absolute atomic E-state index is 0.556. The first-order valence-corrected chi connectivity index (χ1v) is 8.37. The topological polar surface area (TPSA) is 50.4 Å². The molecule has 1 fully saturated rings. The van der Waals surface area contributed by atoms with Gasteiger partial charge in [-0.2, -0.15) is 0 Å². The van der Waals surface area contributed by atoms with E-state index in [1.54, 1.807) is 7.11 Å². The van der Waals surface area contributed by atoms with Crippen LogP contribution in [0.25, 0.3) is 11.4 Å². The largest absolute Gasteiger partial charge is 0.497 e. The number of nitrogens with zero attached hydrogens (tertiary/aromatic N) is 2. The molecule has 3 heterocycles. The van der Waals surface area contributed by atoms with Gasteiger partial charge in [-0.3, -0.25) is 4.90 Å². The molecule has 23 heavy (non-hydrogen) atoms. The van der Waals surface area contributed by atoms with Crippen molar-refractivity contribution in [1.29, 1.82) is 0 Å². The Morgan fingerprint density at radius 3 is 3.17 bits per heavy atom. The third-order valence-electron chi connectivity index (χ3n) is 4.86. The van der Waals surface area contributed by atoms with Gasteiger partial charge in [0.1, 0.15) is 11.6 Å². The predicted octanol–water partition coefficient (Wildman–Crippen LogP) is 2.62. The van der Waals surface area contributed by atoms with Gasteiger partial charge < -0.3 is 14.5 Å². The van der Waals surface area contributed by atoms with Crippen LogP contribution in [0.1, 0.15) is 24.2 Å². The maximum atomic E-state index is 5.64. The maximum Gasteiger partial charge on any atom is 0.137 e. The fraction of sp³-hybridized carbons (Fsp3) is 0.500. The lowest BCUT2D eigenvalue weighted by Gasteiger charge is -2.35. The van der Waals surface area contributed by atoms with Crippen molar-refractivity contribution >= 4 is 0 Å². The van der Waals surface area contributed by atoms with E-state index in [0.717, 1.165) is 49.9 Å². The number of imidazole rings is 1. The van der Waals surface area contributed by atoms with Crippen molar-refractivity contribution in [2.45, 2.75) is 31.8 Å². The number of aromatic nitrogens is 2. The Bertz CT molecular complexity index is 677. The highest BCUT2D eigenvalue weighted by molar-refractivity contribution is 5.58. The second-order valence-electron chi connectivity index (χ2n) is 6.33. The number of rotatable bonds is 3. The molecule has 2 aliphatic rings. The summed E-state index contributed by atoms with van der Waals surface area (Å²) in [4.78, 5) is 10.9. The van der Waals surface area contributed by atoms with Gasteiger partial charge in [-0.1, -0.05) is 12.1 Å². The second kappa shape index (κ2) is 6.34. The highest BCUT2D eigenvalue weighted by atomic mass is 16.5. The normalized spacial score (nSPS) is 21.9. The molecule has 0 amide bonds. The Morgan fingerprint density at radius 1 is 1.39 bits per heavy atom. The smallest absolute Gasteiger partial charge is 0.137 e. The molecule has 1 aromatic heterocycles. The summed E-state index contributed by atoms with van der Waals surface area (Å²) in [5, 5.41) is 0. The molecular weight excluding hydrogens is 290 g/mol. The van der Waals surface area contributed by atoms with Gasteiger partial charge in [-0.05, 0) is 25.0 Å². The number of hydrogen-bond donors (Lipinski definition) is 1. The molecule has 1 atom stereocenters. The summed E-state index contributed by atoms with van der Waals surface area (Å²) in [7, 11) is 1.69. The van der Waals surface area contributed by atoms with Gasteiger partial charge in [0.15, 0.2) is 0 Å². The van der Waals surface area contributed by atoms with Gasteiger partial charge >= 0.3 is 0 Å². The maximum absolute atomic E-state index is 5.64. The number of aromatic amines is 1. The number of fused-ring (bicyclic) bond motifs is 1. The quantitative estimate of drug-likeness (QED) is 0.946. The van der Waals surface area contributed by atoms with Gasteiger partial charge in [-0.25, -0.2) is 4.98 Å². The monoisotopic (exact) mass is 313 g/mol. The zero-order valence-corrected chi connectivity index (χ0v) is 13.5. The van der Waals surface area contributed by atoms with Crippen molar-refractivity contribution in [1.82, 2.24) is 14.9 Å². The van der Waals surface area contributed by atoms with E-state index in [-0.39, 0.29) is 0 Å². The van der Waals surface area contributed by atoms with E-state index in [1.165, 1.54) is 24.2 Å². The van der Waals surface area contributed by atoms with Gasteiger partial charge in [0, 0.05) is 37.7 Å². The van der Waals surface area contributed by atoms with Crippen LogP contribution in [0.5, 0.6) is 5.75 Å². The van der Waals surface area contributed by atoms with Gasteiger partial charge in [0.25, 0.3) is 0 Å². The molecule has 1 aromatic carbocycles. The first-order chi connectivity index (χ1) is 11.3. The Labute approximate surface area is 136 Å². The number of hydrogen-bond acceptors (Lipinski definition) is 4. The second-order valence-corrected chi connectivity index (χ2v) is 6.33. The van der Waals surface area contributed by atoms with Gasteiger partial charge in [-0.15, -0.1) is 0 Å². The van der Waals surface area contributed by atoms with E-state index >= 15 is 0 Å². The van der Waals surface area contributed by atoms with Crippen LogP contribution in [0.2, 0.25) is 0 Å². The Kier molecular flexibility index (Phi) is 4.06. The zero-order chi connectivity index (χ0) is 15.6. The Hall–Kier alpha value is -1.85. The molecule has 0 aliphatic carbocycles. The van der Waals surface area contributed by atoms with Crippen LogP contribution in [0.15, 0.2) is 24.3 Å². The van der Waals surface area contributed by atoms with Crippen LogP contribution in [-0.4, -0.2) is 47.8 Å². The minimum atomic E-state index is 0.556. The van der Waals surface area contributed by atoms with E-state index in [2.05, 4.69) is 16.0 Å². The summed E-state index contributed by atoms with van der Waals surface area (Å²) in [6.45, 7) is 3.80. The molecule has 1 N–H and O–H groups in total. The first kappa shape index (κ1) is 14.7. The summed E-state index contributed by atoms with van der Waals surface area (Å²) in [6, 6.07) is 8.61. The van der Waals surface area contributed by atoms with E-state index in [1.807, 2.05) is 18.2 Å². The van der Waals surface area contributed by atoms with Crippen LogP contribution in [-0.2, 0) is 17.7 Å². The molecular formula is C18H23N3O2. The summed E-state index contributed by atoms with van der Waals surface area (Å²) in [5.41, 5.74) is 3.53. The molecule has 5 nitrogen and oxygen atoms in total. The number of H-pyrrole nitrogens is 1. The lowest BCUT2D eigenvalue weighted by molar-refractivity contribution is 0.0119. The summed E-state index contributed by atoms with van der Waals surface area (Å²) < 4.78 is 11.0. The van der Waals surface area contributed by atoms with Crippen molar-refractivity contribution in [2.75, 3.05) is 26.9 Å². The summed E-state index contributed by atoms with van der Waals surface area (Å²) in [5.74, 6) is 1.80. The summed E-state index contributed by atoms with van der Waals surface area (Å²) >= 11 is 0. The fourth-order valence-corrected chi connectivity index (χ4v) is 3.55. The highest BCUT2D eigenvalue weighted by Crippen LogP contribution is 2.27. The molecule has 0 saturated carbocycles. The van der Waals surface area contributed by atoms with Crippen LogP contribution in [0.4, 0.5) is 0 Å². The van der Waals surface area contributed by atoms with Crippen LogP contribution < -0.4 is 4.74 Å². The molecule has 0 radical (unpaired) electrons. The number of methoxy groups -OCH3 is 1. The SMILES string of the molecule is COc1cccc(-c2nc3c([nH]2)CN(C2CCCOC2)CC3)c1. The van der Waals surface area contributed by atoms with Crippen molar-refractivity contribution in [2.24, 2.45) is 0 Å². The molecule has 0 bridgehead atoms. The van der Waals surface area contributed by atoms with Crippen molar-refractivity contribution in [3.05, 3.63) is 35.7 Å². The first-order valence-electron chi connectivity index (χ1n) is 8.37. The number of ether oxygens (including phenoxy) is 2. The van der Waals surface area contributed by atoms with E-state index in [0.29, 0.717) is 6.04 Å². The van der Waals surface area contributed by atoms with Crippen LogP contribution in [0.3, 0.4) is 0 Å². The molecule has 4 rings (SSSR count). The molecule has 2 aromatic rings. The average molecular weight is 313 g/mol. The lowest BCUT2D eigenvalue weighted by atomic mass is 10.0. The Balaban J connectivity index is 1.54. The van der Waals surface area contributed by atoms with E-state index in [9.17, 15) is 0 Å². The molecule has 1 saturated heterocycles. The van der Waals surface area contributed by atoms with Crippen molar-refractivity contribution in [3.63, 3.8) is 0 Å². The van der Waals surface area contributed by atoms with E-state index < -0.39 is 0 Å². The van der Waals surface area contributed by atoms with Gasteiger partial charge in [0.05, 0.1) is 25.1 Å². The lowest BCUT2D eigenvalue weighted by Crippen LogP contribution is -2.43. The van der Waals surface area contributed by atoms with Crippen molar-refractivity contribution in [3.8, 4) is 17.1 Å². The molecule has 5 heteroatoms. The third kappa shape index (κ3) is 2.99. The molecule has 122 valence electrons. The van der Waals surface area contributed by atoms with Gasteiger partial charge in [0.2, 0.25) is 0 Å². The Morgan fingerprint density at radius 2 is 2.35 bits per heavy atom. The number of benzene rings is 1. The van der Waals surface area contributed by atoms with Crippen LogP contribution >= 0.6 is 0 Å². The summed E-state index contributed by atoms with van der Waals surface area (Å²) in [6.07, 6.45) is 3.42. The van der Waals surface area contributed by atoms with Crippen molar-refractivity contribution < 1.29 is 9.47 Å².